The molecule has 0 aliphatic heterocycles. The second kappa shape index (κ2) is 26.2. The molecule has 0 radical (unpaired) electrons. The number of amides is 4. The molecule has 15 nitrogen and oxygen atoms in total. The number of hydrogen-bond donors (Lipinski definition) is 5. The van der Waals surface area contributed by atoms with Crippen LogP contribution in [0.15, 0.2) is 0 Å². The molecule has 4 amide bonds. The van der Waals surface area contributed by atoms with Gasteiger partial charge in [0.1, 0.15) is 13.2 Å². The van der Waals surface area contributed by atoms with Gasteiger partial charge in [-0.15, -0.1) is 12.8 Å². The van der Waals surface area contributed by atoms with Crippen molar-refractivity contribution in [3.05, 3.63) is 0 Å². The molecule has 1 fully saturated rings. The number of aliphatic hydroxyl groups excluding tert-OH is 1. The molecule has 0 aromatic carbocycles. The van der Waals surface area contributed by atoms with Crippen LogP contribution in [-0.4, -0.2) is 126 Å². The van der Waals surface area contributed by atoms with Crippen LogP contribution >= 0.6 is 6.49 Å². The standard InChI is InChI=1S/C32H53N4O11PS/c1-4-16-43-20-22-45-18-13-34-29(39)7-10-32(9-6-28(38)33-12-15-37,36-31(41)26-24-27(25-26)47-48(3,42)49)11-8-30(40)35-14-19-46-23-21-44-17-5-2/h1-2,26-27,37H,6-25H2,3H3,(H,33,38)(H,34,39)(H,35,40)(H,36,41)(H,42,49)/p-1. The fourth-order valence-corrected chi connectivity index (χ4v) is 5.89. The molecular weight excluding hydrogens is 679 g/mol. The second-order valence-electron chi connectivity index (χ2n) is 11.4. The molecule has 0 heterocycles. The highest BCUT2D eigenvalue weighted by Gasteiger charge is 2.40. The normalized spacial score (nSPS) is 16.7. The molecule has 1 rings (SSSR count). The largest absolute Gasteiger partial charge is 0.801 e. The van der Waals surface area contributed by atoms with E-state index in [1.807, 2.05) is 0 Å². The molecular formula is C32H52N4O11PS-. The van der Waals surface area contributed by atoms with Crippen LogP contribution in [0.1, 0.15) is 51.4 Å². The summed E-state index contributed by atoms with van der Waals surface area (Å²) in [5.41, 5.74) is -1.11. The predicted octanol–water partition coefficient (Wildman–Crippen LogP) is -1.05. The average Bonchev–Trinajstić information content (AvgIpc) is 3.04. The summed E-state index contributed by atoms with van der Waals surface area (Å²) in [6, 6.07) is 0. The van der Waals surface area contributed by atoms with Crippen molar-refractivity contribution >= 4 is 41.9 Å². The molecule has 0 aromatic heterocycles. The van der Waals surface area contributed by atoms with Gasteiger partial charge in [-0.3, -0.25) is 19.2 Å². The Morgan fingerprint density at radius 1 is 0.796 bits per heavy atom. The predicted molar refractivity (Wildman–Crippen MR) is 183 cm³/mol. The summed E-state index contributed by atoms with van der Waals surface area (Å²) in [5.74, 6) is 2.97. The lowest BCUT2D eigenvalue weighted by Crippen LogP contribution is -2.54. The van der Waals surface area contributed by atoms with E-state index in [4.69, 9.17) is 53.2 Å². The summed E-state index contributed by atoms with van der Waals surface area (Å²) in [6.07, 6.45) is 10.8. The van der Waals surface area contributed by atoms with E-state index in [0.717, 1.165) is 0 Å². The van der Waals surface area contributed by atoms with E-state index in [0.29, 0.717) is 39.3 Å². The molecule has 1 aliphatic carbocycles. The molecule has 0 bridgehead atoms. The van der Waals surface area contributed by atoms with E-state index in [2.05, 4.69) is 33.1 Å². The van der Waals surface area contributed by atoms with Crippen LogP contribution in [0.25, 0.3) is 0 Å². The first-order valence-corrected chi connectivity index (χ1v) is 19.4. The topological polar surface area (TPSA) is 206 Å². The number of nitrogens with one attached hydrogen (secondary N) is 4. The van der Waals surface area contributed by atoms with Crippen LogP contribution in [0.4, 0.5) is 0 Å². The number of rotatable bonds is 29. The Hall–Kier alpha value is -2.63. The highest BCUT2D eigenvalue weighted by atomic mass is 32.5. The summed E-state index contributed by atoms with van der Waals surface area (Å²) in [4.78, 5) is 63.6. The Labute approximate surface area is 294 Å². The third-order valence-corrected chi connectivity index (χ3v) is 8.31. The molecule has 1 saturated carbocycles. The smallest absolute Gasteiger partial charge is 0.223 e. The van der Waals surface area contributed by atoms with Crippen LogP contribution in [0.2, 0.25) is 0 Å². The minimum absolute atomic E-state index is 0.00754. The Bertz CT molecular complexity index is 1090. The number of carbonyl (C=O) groups excluding carboxylic acids is 4. The van der Waals surface area contributed by atoms with Crippen molar-refractivity contribution in [1.82, 2.24) is 21.3 Å². The minimum atomic E-state index is -3.14. The molecule has 1 unspecified atom stereocenters. The lowest BCUT2D eigenvalue weighted by molar-refractivity contribution is -0.189. The van der Waals surface area contributed by atoms with Gasteiger partial charge >= 0.3 is 0 Å². The molecule has 49 heavy (non-hydrogen) atoms. The van der Waals surface area contributed by atoms with Gasteiger partial charge in [-0.25, -0.2) is 0 Å². The summed E-state index contributed by atoms with van der Waals surface area (Å²) in [7, 11) is 0. The first-order valence-electron chi connectivity index (χ1n) is 16.3. The quantitative estimate of drug-likeness (QED) is 0.0355. The van der Waals surface area contributed by atoms with E-state index in [9.17, 15) is 24.1 Å². The van der Waals surface area contributed by atoms with Crippen molar-refractivity contribution in [1.29, 1.82) is 0 Å². The molecule has 1 atom stereocenters. The van der Waals surface area contributed by atoms with E-state index in [1.165, 1.54) is 6.66 Å². The van der Waals surface area contributed by atoms with Gasteiger partial charge in [-0.1, -0.05) is 23.6 Å². The van der Waals surface area contributed by atoms with Crippen molar-refractivity contribution in [2.45, 2.75) is 63.0 Å². The molecule has 0 spiro atoms. The van der Waals surface area contributed by atoms with Gasteiger partial charge in [0.25, 0.3) is 0 Å². The molecule has 0 saturated heterocycles. The first kappa shape index (κ1) is 44.4. The van der Waals surface area contributed by atoms with Crippen molar-refractivity contribution in [2.75, 3.05) is 85.8 Å². The van der Waals surface area contributed by atoms with Gasteiger partial charge < -0.3 is 54.7 Å². The van der Waals surface area contributed by atoms with Gasteiger partial charge in [0.2, 0.25) is 23.6 Å². The zero-order chi connectivity index (χ0) is 36.4. The van der Waals surface area contributed by atoms with Crippen LogP contribution in [0.5, 0.6) is 0 Å². The average molecular weight is 732 g/mol. The summed E-state index contributed by atoms with van der Waals surface area (Å²) >= 11 is 4.86. The van der Waals surface area contributed by atoms with Crippen molar-refractivity contribution < 1.29 is 52.6 Å². The van der Waals surface area contributed by atoms with E-state index >= 15 is 0 Å². The van der Waals surface area contributed by atoms with E-state index in [-0.39, 0.29) is 115 Å². The highest BCUT2D eigenvalue weighted by molar-refractivity contribution is 8.08. The Morgan fingerprint density at radius 2 is 1.22 bits per heavy atom. The van der Waals surface area contributed by atoms with Crippen molar-refractivity contribution in [3.8, 4) is 24.7 Å². The Balaban J connectivity index is 2.90. The minimum Gasteiger partial charge on any atom is -0.801 e. The number of terminal acetylenes is 2. The lowest BCUT2D eigenvalue weighted by atomic mass is 9.78. The van der Waals surface area contributed by atoms with E-state index < -0.39 is 24.1 Å². The maximum atomic E-state index is 13.5. The number of hydrogen-bond acceptors (Lipinski definition) is 12. The maximum Gasteiger partial charge on any atom is 0.223 e. The van der Waals surface area contributed by atoms with Gasteiger partial charge in [0.05, 0.1) is 52.4 Å². The van der Waals surface area contributed by atoms with Crippen molar-refractivity contribution in [3.63, 3.8) is 0 Å². The SMILES string of the molecule is C#CCOCCOCCNC(=O)CCC(CCC(=O)NCCO)(CCC(=O)NCCOCCOCC#C)NC(=O)C1CC(OP(C)([O-])=S)C1. The zero-order valence-corrected chi connectivity index (χ0v) is 30.0. The summed E-state index contributed by atoms with van der Waals surface area (Å²) < 4.78 is 26.5. The van der Waals surface area contributed by atoms with Crippen LogP contribution in [-0.2, 0) is 54.5 Å². The van der Waals surface area contributed by atoms with Crippen LogP contribution in [0.3, 0.4) is 0 Å². The van der Waals surface area contributed by atoms with Crippen LogP contribution < -0.4 is 26.2 Å². The van der Waals surface area contributed by atoms with Crippen molar-refractivity contribution in [2.24, 2.45) is 5.92 Å². The number of carbonyl (C=O) groups is 4. The van der Waals surface area contributed by atoms with Crippen LogP contribution in [0, 0.1) is 30.6 Å². The number of ether oxygens (including phenoxy) is 4. The van der Waals surface area contributed by atoms with Gasteiger partial charge in [-0.05, 0) is 45.3 Å². The number of aliphatic hydroxyl groups is 1. The monoisotopic (exact) mass is 731 g/mol. The summed E-state index contributed by atoms with van der Waals surface area (Å²) in [5, 5.41) is 20.3. The third-order valence-electron chi connectivity index (χ3n) is 7.37. The lowest BCUT2D eigenvalue weighted by Gasteiger charge is -2.42. The molecule has 278 valence electrons. The van der Waals surface area contributed by atoms with Gasteiger partial charge in [0, 0.05) is 50.4 Å². The highest BCUT2D eigenvalue weighted by Crippen LogP contribution is 2.42. The molecule has 5 N–H and O–H groups in total. The third kappa shape index (κ3) is 22.7. The fourth-order valence-electron chi connectivity index (χ4n) is 4.81. The maximum absolute atomic E-state index is 13.5. The van der Waals surface area contributed by atoms with Gasteiger partial charge in [0.15, 0.2) is 0 Å². The second-order valence-corrected chi connectivity index (χ2v) is 15.2. The summed E-state index contributed by atoms with van der Waals surface area (Å²) in [6.45, 7) is 0.653. The molecule has 0 aromatic rings. The fraction of sp³-hybridized carbons (Fsp3) is 0.750. The molecule has 1 aliphatic rings. The Morgan fingerprint density at radius 3 is 1.63 bits per heavy atom. The van der Waals surface area contributed by atoms with E-state index in [1.54, 1.807) is 0 Å². The molecule has 17 heteroatoms. The van der Waals surface area contributed by atoms with Gasteiger partial charge in [-0.2, -0.15) is 0 Å². The Kier molecular flexibility index (Phi) is 23.8. The first-order chi connectivity index (χ1) is 23.4. The zero-order valence-electron chi connectivity index (χ0n) is 28.3.